The molecule has 10 aromatic carbocycles. The molecule has 0 atom stereocenters. The fourth-order valence-corrected chi connectivity index (χ4v) is 11.2. The van der Waals surface area contributed by atoms with Crippen molar-refractivity contribution in [1.82, 2.24) is 0 Å². The molecular formula is C54H34N2S2. The standard InChI is InChI=1S/C54H34N2S2/c1-3-13-35(14-4-1)55(36-15-5-2-6-16-36)38-25-30-53-50(32-38)47-28-24-40(34-54(47)58-53)56(39-26-29-52-49(33-39)46-21-11-12-22-51(46)57-52)37-23-27-45-43-19-8-7-17-41(43)42-18-9-10-20-44(42)48(45)31-37/h1-34H. The van der Waals surface area contributed by atoms with Crippen LogP contribution in [0.15, 0.2) is 206 Å². The Labute approximate surface area is 343 Å². The maximum absolute atomic E-state index is 2.46. The SMILES string of the molecule is c1ccc(N(c2ccccc2)c2ccc3sc4cc(N(c5ccc6sc7ccccc7c6c5)c5ccc6c7ccccc7c7ccccc7c6c5)ccc4c3c2)cc1. The quantitative estimate of drug-likeness (QED) is 0.155. The van der Waals surface area contributed by atoms with Crippen LogP contribution in [0.1, 0.15) is 0 Å². The molecule has 4 heteroatoms. The Kier molecular flexibility index (Phi) is 7.62. The first-order chi connectivity index (χ1) is 28.7. The Hall–Kier alpha value is -6.98. The van der Waals surface area contributed by atoms with E-state index in [9.17, 15) is 0 Å². The summed E-state index contributed by atoms with van der Waals surface area (Å²) in [6, 6.07) is 75.7. The number of rotatable bonds is 6. The lowest BCUT2D eigenvalue weighted by Gasteiger charge is -2.26. The zero-order valence-corrected chi connectivity index (χ0v) is 33.0. The third-order valence-electron chi connectivity index (χ3n) is 11.6. The van der Waals surface area contributed by atoms with E-state index in [4.69, 9.17) is 0 Å². The molecular weight excluding hydrogens is 741 g/mol. The molecule has 2 heterocycles. The Morgan fingerprint density at radius 1 is 0.207 bits per heavy atom. The molecule has 12 aromatic rings. The molecule has 2 aromatic heterocycles. The molecule has 0 aliphatic carbocycles. The van der Waals surface area contributed by atoms with E-state index in [1.165, 1.54) is 72.7 Å². The van der Waals surface area contributed by atoms with Crippen LogP contribution in [-0.2, 0) is 0 Å². The highest BCUT2D eigenvalue weighted by molar-refractivity contribution is 7.26. The highest BCUT2D eigenvalue weighted by Crippen LogP contribution is 2.46. The predicted octanol–water partition coefficient (Wildman–Crippen LogP) is 16.8. The zero-order valence-electron chi connectivity index (χ0n) is 31.3. The second kappa shape index (κ2) is 13.3. The first kappa shape index (κ1) is 33.2. The molecule has 0 spiro atoms. The maximum atomic E-state index is 2.46. The molecule has 0 amide bonds. The lowest BCUT2D eigenvalue weighted by Crippen LogP contribution is -2.10. The second-order valence-electron chi connectivity index (χ2n) is 14.9. The Balaban J connectivity index is 1.06. The van der Waals surface area contributed by atoms with Crippen molar-refractivity contribution in [1.29, 1.82) is 0 Å². The number of fused-ring (bicyclic) bond motifs is 12. The van der Waals surface area contributed by atoms with Crippen molar-refractivity contribution in [3.63, 3.8) is 0 Å². The molecule has 0 unspecified atom stereocenters. The van der Waals surface area contributed by atoms with Gasteiger partial charge in [-0.15, -0.1) is 22.7 Å². The lowest BCUT2D eigenvalue weighted by atomic mass is 9.94. The average Bonchev–Trinajstić information content (AvgIpc) is 3.85. The van der Waals surface area contributed by atoms with E-state index in [1.54, 1.807) is 0 Å². The minimum Gasteiger partial charge on any atom is -0.310 e. The largest absolute Gasteiger partial charge is 0.310 e. The minimum atomic E-state index is 1.14. The Morgan fingerprint density at radius 3 is 1.12 bits per heavy atom. The normalized spacial score (nSPS) is 11.8. The maximum Gasteiger partial charge on any atom is 0.0476 e. The topological polar surface area (TPSA) is 6.48 Å². The second-order valence-corrected chi connectivity index (χ2v) is 17.1. The van der Waals surface area contributed by atoms with Crippen LogP contribution in [0.2, 0.25) is 0 Å². The number of para-hydroxylation sites is 2. The molecule has 0 fully saturated rings. The van der Waals surface area contributed by atoms with E-state index in [-0.39, 0.29) is 0 Å². The van der Waals surface area contributed by atoms with Gasteiger partial charge in [0.2, 0.25) is 0 Å². The van der Waals surface area contributed by atoms with Crippen LogP contribution in [-0.4, -0.2) is 0 Å². The highest BCUT2D eigenvalue weighted by atomic mass is 32.1. The third-order valence-corrected chi connectivity index (χ3v) is 13.9. The van der Waals surface area contributed by atoms with E-state index >= 15 is 0 Å². The highest BCUT2D eigenvalue weighted by Gasteiger charge is 2.20. The predicted molar refractivity (Wildman–Crippen MR) is 254 cm³/mol. The van der Waals surface area contributed by atoms with Crippen molar-refractivity contribution >= 4 is 129 Å². The van der Waals surface area contributed by atoms with Gasteiger partial charge in [0.15, 0.2) is 0 Å². The molecule has 0 N–H and O–H groups in total. The summed E-state index contributed by atoms with van der Waals surface area (Å²) in [5.41, 5.74) is 6.83. The summed E-state index contributed by atoms with van der Waals surface area (Å²) in [5.74, 6) is 0. The van der Waals surface area contributed by atoms with Crippen molar-refractivity contribution in [3.8, 4) is 0 Å². The first-order valence-corrected chi connectivity index (χ1v) is 21.3. The van der Waals surface area contributed by atoms with Crippen LogP contribution in [0.5, 0.6) is 0 Å². The van der Waals surface area contributed by atoms with E-state index < -0.39 is 0 Å². The summed E-state index contributed by atoms with van der Waals surface area (Å²) in [6.45, 7) is 0. The summed E-state index contributed by atoms with van der Waals surface area (Å²) in [7, 11) is 0. The molecule has 0 radical (unpaired) electrons. The monoisotopic (exact) mass is 774 g/mol. The van der Waals surface area contributed by atoms with E-state index in [0.717, 1.165) is 34.1 Å². The van der Waals surface area contributed by atoms with E-state index in [1.807, 2.05) is 22.7 Å². The molecule has 0 saturated carbocycles. The zero-order chi connectivity index (χ0) is 38.2. The van der Waals surface area contributed by atoms with Crippen molar-refractivity contribution in [2.75, 3.05) is 9.80 Å². The molecule has 0 bridgehead atoms. The number of anilines is 6. The van der Waals surface area contributed by atoms with Gasteiger partial charge in [-0.25, -0.2) is 0 Å². The van der Waals surface area contributed by atoms with Crippen molar-refractivity contribution in [3.05, 3.63) is 206 Å². The van der Waals surface area contributed by atoms with Crippen LogP contribution in [0.4, 0.5) is 34.1 Å². The molecule has 2 nitrogen and oxygen atoms in total. The first-order valence-electron chi connectivity index (χ1n) is 19.7. The van der Waals surface area contributed by atoms with Crippen molar-refractivity contribution in [2.24, 2.45) is 0 Å². The molecule has 272 valence electrons. The summed E-state index contributed by atoms with van der Waals surface area (Å²) in [6.07, 6.45) is 0. The molecule has 12 rings (SSSR count). The summed E-state index contributed by atoms with van der Waals surface area (Å²) >= 11 is 3.73. The molecule has 58 heavy (non-hydrogen) atoms. The number of nitrogens with zero attached hydrogens (tertiary/aromatic N) is 2. The number of hydrogen-bond donors (Lipinski definition) is 0. The molecule has 0 aliphatic rings. The molecule has 0 aliphatic heterocycles. The van der Waals surface area contributed by atoms with Crippen molar-refractivity contribution < 1.29 is 0 Å². The number of benzene rings is 10. The van der Waals surface area contributed by atoms with E-state index in [2.05, 4.69) is 216 Å². The third kappa shape index (κ3) is 5.30. The van der Waals surface area contributed by atoms with Gasteiger partial charge in [-0.3, -0.25) is 0 Å². The van der Waals surface area contributed by atoms with Gasteiger partial charge < -0.3 is 9.80 Å². The Morgan fingerprint density at radius 2 is 0.552 bits per heavy atom. The van der Waals surface area contributed by atoms with E-state index in [0.29, 0.717) is 0 Å². The van der Waals surface area contributed by atoms with Gasteiger partial charge in [-0.05, 0) is 123 Å². The summed E-state index contributed by atoms with van der Waals surface area (Å²) in [5, 5.41) is 12.8. The Bertz CT molecular complexity index is 3460. The van der Waals surface area contributed by atoms with Gasteiger partial charge in [0.25, 0.3) is 0 Å². The van der Waals surface area contributed by atoms with Crippen molar-refractivity contribution in [2.45, 2.75) is 0 Å². The van der Waals surface area contributed by atoms with Gasteiger partial charge in [0.05, 0.1) is 0 Å². The van der Waals surface area contributed by atoms with Crippen LogP contribution in [0, 0.1) is 0 Å². The number of hydrogen-bond acceptors (Lipinski definition) is 4. The average molecular weight is 775 g/mol. The summed E-state index contributed by atoms with van der Waals surface area (Å²) in [4.78, 5) is 4.80. The summed E-state index contributed by atoms with van der Waals surface area (Å²) < 4.78 is 5.16. The van der Waals surface area contributed by atoms with Crippen LogP contribution < -0.4 is 9.80 Å². The van der Waals surface area contributed by atoms with Gasteiger partial charge >= 0.3 is 0 Å². The van der Waals surface area contributed by atoms with Crippen LogP contribution >= 0.6 is 22.7 Å². The molecule has 0 saturated heterocycles. The van der Waals surface area contributed by atoms with Crippen LogP contribution in [0.25, 0.3) is 72.7 Å². The number of thiophene rings is 2. The smallest absolute Gasteiger partial charge is 0.0476 e. The fourth-order valence-electron chi connectivity index (χ4n) is 8.97. The van der Waals surface area contributed by atoms with Gasteiger partial charge in [0.1, 0.15) is 0 Å². The van der Waals surface area contributed by atoms with Gasteiger partial charge in [-0.2, -0.15) is 0 Å². The van der Waals surface area contributed by atoms with Gasteiger partial charge in [-0.1, -0.05) is 115 Å². The lowest BCUT2D eigenvalue weighted by molar-refractivity contribution is 1.29. The minimum absolute atomic E-state index is 1.14. The fraction of sp³-hybridized carbons (Fsp3) is 0. The van der Waals surface area contributed by atoms with Crippen LogP contribution in [0.3, 0.4) is 0 Å². The van der Waals surface area contributed by atoms with Gasteiger partial charge in [0, 0.05) is 74.5 Å².